The van der Waals surface area contributed by atoms with Crippen molar-refractivity contribution in [1.29, 1.82) is 0 Å². The van der Waals surface area contributed by atoms with Crippen LogP contribution in [0.5, 0.6) is 5.75 Å². The van der Waals surface area contributed by atoms with Crippen molar-refractivity contribution in [1.82, 2.24) is 0 Å². The quantitative estimate of drug-likeness (QED) is 0.744. The van der Waals surface area contributed by atoms with Crippen LogP contribution in [0.3, 0.4) is 0 Å². The van der Waals surface area contributed by atoms with Crippen LogP contribution < -0.4 is 10.1 Å². The van der Waals surface area contributed by atoms with Gasteiger partial charge in [0, 0.05) is 17.1 Å². The molecule has 1 aromatic rings. The minimum atomic E-state index is 0.940. The van der Waals surface area contributed by atoms with E-state index in [4.69, 9.17) is 4.74 Å². The van der Waals surface area contributed by atoms with Crippen molar-refractivity contribution >= 4 is 17.4 Å². The predicted octanol–water partition coefficient (Wildman–Crippen LogP) is 2.60. The van der Waals surface area contributed by atoms with Gasteiger partial charge in [-0.15, -0.1) is 11.8 Å². The molecule has 1 N–H and O–H groups in total. The number of benzene rings is 1. The second-order valence-corrected chi connectivity index (χ2v) is 4.13. The lowest BCUT2D eigenvalue weighted by Gasteiger charge is -2.08. The molecule has 0 bridgehead atoms. The average Bonchev–Trinajstić information content (AvgIpc) is 2.41. The first-order chi connectivity index (χ1) is 6.40. The number of methoxy groups -OCH3 is 1. The zero-order valence-electron chi connectivity index (χ0n) is 7.67. The molecule has 0 spiro atoms. The van der Waals surface area contributed by atoms with Gasteiger partial charge in [0.15, 0.2) is 0 Å². The van der Waals surface area contributed by atoms with Gasteiger partial charge >= 0.3 is 0 Å². The number of anilines is 1. The molecule has 1 aromatic carbocycles. The maximum absolute atomic E-state index is 5.18. The Morgan fingerprint density at radius 1 is 1.46 bits per heavy atom. The van der Waals surface area contributed by atoms with Crippen molar-refractivity contribution in [3.8, 4) is 5.75 Å². The van der Waals surface area contributed by atoms with Crippen molar-refractivity contribution in [2.75, 3.05) is 24.7 Å². The fourth-order valence-electron chi connectivity index (χ4n) is 1.37. The Labute approximate surface area is 82.7 Å². The lowest BCUT2D eigenvalue weighted by atomic mass is 10.3. The van der Waals surface area contributed by atoms with Crippen LogP contribution in [-0.4, -0.2) is 19.4 Å². The monoisotopic (exact) mass is 195 g/mol. The highest BCUT2D eigenvalue weighted by Crippen LogP contribution is 2.33. The zero-order chi connectivity index (χ0) is 9.10. The fraction of sp³-hybridized carbons (Fsp3) is 0.400. The third-order valence-corrected chi connectivity index (χ3v) is 3.22. The molecule has 0 aromatic heterocycles. The highest BCUT2D eigenvalue weighted by molar-refractivity contribution is 7.99. The summed E-state index contributed by atoms with van der Waals surface area (Å²) in [5.41, 5.74) is 1.24. The molecule has 0 unspecified atom stereocenters. The van der Waals surface area contributed by atoms with Gasteiger partial charge in [-0.05, 0) is 30.4 Å². The molecule has 0 fully saturated rings. The number of hydrogen-bond donors (Lipinski definition) is 1. The summed E-state index contributed by atoms with van der Waals surface area (Å²) >= 11 is 1.90. The van der Waals surface area contributed by atoms with Crippen LogP contribution >= 0.6 is 11.8 Å². The third-order valence-electron chi connectivity index (χ3n) is 2.08. The van der Waals surface area contributed by atoms with Crippen LogP contribution in [0.4, 0.5) is 5.69 Å². The maximum atomic E-state index is 5.18. The van der Waals surface area contributed by atoms with Crippen molar-refractivity contribution in [3.05, 3.63) is 18.2 Å². The molecular weight excluding hydrogens is 182 g/mol. The molecule has 2 rings (SSSR count). The van der Waals surface area contributed by atoms with Crippen molar-refractivity contribution in [2.45, 2.75) is 11.3 Å². The average molecular weight is 195 g/mol. The van der Waals surface area contributed by atoms with E-state index >= 15 is 0 Å². The van der Waals surface area contributed by atoms with E-state index in [1.165, 1.54) is 22.8 Å². The minimum absolute atomic E-state index is 0.940. The van der Waals surface area contributed by atoms with Crippen LogP contribution in [0.15, 0.2) is 23.1 Å². The van der Waals surface area contributed by atoms with Crippen molar-refractivity contribution in [2.24, 2.45) is 0 Å². The van der Waals surface area contributed by atoms with E-state index in [1.807, 2.05) is 17.8 Å². The molecule has 0 aliphatic carbocycles. The smallest absolute Gasteiger partial charge is 0.120 e. The molecular formula is C10H13NOS. The molecule has 2 nitrogen and oxygen atoms in total. The standard InChI is InChI=1S/C10H13NOS/c1-12-8-3-4-9-10(7-8)13-6-2-5-11-9/h3-4,7,11H,2,5-6H2,1H3. The van der Waals surface area contributed by atoms with Gasteiger partial charge in [0.05, 0.1) is 7.11 Å². The highest BCUT2D eigenvalue weighted by atomic mass is 32.2. The van der Waals surface area contributed by atoms with Gasteiger partial charge in [-0.2, -0.15) is 0 Å². The summed E-state index contributed by atoms with van der Waals surface area (Å²) in [4.78, 5) is 1.30. The molecule has 1 aliphatic rings. The van der Waals surface area contributed by atoms with E-state index < -0.39 is 0 Å². The van der Waals surface area contributed by atoms with E-state index in [-0.39, 0.29) is 0 Å². The van der Waals surface area contributed by atoms with Gasteiger partial charge in [0.1, 0.15) is 5.75 Å². The molecule has 3 heteroatoms. The van der Waals surface area contributed by atoms with Crippen LogP contribution in [0.25, 0.3) is 0 Å². The predicted molar refractivity (Wildman–Crippen MR) is 56.8 cm³/mol. The molecule has 0 amide bonds. The van der Waals surface area contributed by atoms with Gasteiger partial charge in [-0.1, -0.05) is 0 Å². The summed E-state index contributed by atoms with van der Waals surface area (Å²) in [6.07, 6.45) is 1.22. The van der Waals surface area contributed by atoms with E-state index in [0.29, 0.717) is 0 Å². The lowest BCUT2D eigenvalue weighted by Crippen LogP contribution is -1.99. The van der Waals surface area contributed by atoms with Crippen LogP contribution in [-0.2, 0) is 0 Å². The number of nitrogens with one attached hydrogen (secondary N) is 1. The Balaban J connectivity index is 2.32. The second kappa shape index (κ2) is 3.92. The Bertz CT molecular complexity index is 301. The second-order valence-electron chi connectivity index (χ2n) is 2.99. The van der Waals surface area contributed by atoms with Gasteiger partial charge < -0.3 is 10.1 Å². The first kappa shape index (κ1) is 8.75. The topological polar surface area (TPSA) is 21.3 Å². The summed E-state index contributed by atoms with van der Waals surface area (Å²) in [7, 11) is 1.70. The Hall–Kier alpha value is -0.830. The van der Waals surface area contributed by atoms with E-state index in [9.17, 15) is 0 Å². The number of fused-ring (bicyclic) bond motifs is 1. The van der Waals surface area contributed by atoms with Gasteiger partial charge in [-0.25, -0.2) is 0 Å². The van der Waals surface area contributed by atoms with Gasteiger partial charge in [-0.3, -0.25) is 0 Å². The molecule has 0 radical (unpaired) electrons. The highest BCUT2D eigenvalue weighted by Gasteiger charge is 2.07. The zero-order valence-corrected chi connectivity index (χ0v) is 8.49. The third kappa shape index (κ3) is 1.91. The normalized spacial score (nSPS) is 15.5. The van der Waals surface area contributed by atoms with Crippen LogP contribution in [0.2, 0.25) is 0 Å². The summed E-state index contributed by atoms with van der Waals surface area (Å²) in [5, 5.41) is 3.40. The first-order valence-corrected chi connectivity index (χ1v) is 5.43. The number of rotatable bonds is 1. The van der Waals surface area contributed by atoms with Crippen molar-refractivity contribution in [3.63, 3.8) is 0 Å². The Morgan fingerprint density at radius 3 is 3.23 bits per heavy atom. The molecule has 0 saturated carbocycles. The van der Waals surface area contributed by atoms with E-state index in [0.717, 1.165) is 12.3 Å². The summed E-state index contributed by atoms with van der Waals surface area (Å²) < 4.78 is 5.18. The summed E-state index contributed by atoms with van der Waals surface area (Å²) in [5.74, 6) is 2.13. The van der Waals surface area contributed by atoms with E-state index in [1.54, 1.807) is 7.11 Å². The lowest BCUT2D eigenvalue weighted by molar-refractivity contribution is 0.414. The molecule has 70 valence electrons. The van der Waals surface area contributed by atoms with Crippen molar-refractivity contribution < 1.29 is 4.74 Å². The summed E-state index contributed by atoms with van der Waals surface area (Å²) in [6.45, 7) is 1.08. The van der Waals surface area contributed by atoms with Gasteiger partial charge in [0.2, 0.25) is 0 Å². The minimum Gasteiger partial charge on any atom is -0.497 e. The SMILES string of the molecule is COc1ccc2c(c1)SCCCN2. The van der Waals surface area contributed by atoms with Crippen LogP contribution in [0.1, 0.15) is 6.42 Å². The van der Waals surface area contributed by atoms with Crippen LogP contribution in [0, 0.1) is 0 Å². The molecule has 13 heavy (non-hydrogen) atoms. The maximum Gasteiger partial charge on any atom is 0.120 e. The molecule has 1 aliphatic heterocycles. The summed E-state index contributed by atoms with van der Waals surface area (Å²) in [6, 6.07) is 6.18. The van der Waals surface area contributed by atoms with E-state index in [2.05, 4.69) is 17.4 Å². The Morgan fingerprint density at radius 2 is 2.38 bits per heavy atom. The van der Waals surface area contributed by atoms with Gasteiger partial charge in [0.25, 0.3) is 0 Å². The molecule has 1 heterocycles. The Kier molecular flexibility index (Phi) is 2.64. The molecule has 0 atom stereocenters. The number of hydrogen-bond acceptors (Lipinski definition) is 3. The fourth-order valence-corrected chi connectivity index (χ4v) is 2.38. The number of thioether (sulfide) groups is 1. The molecule has 0 saturated heterocycles. The largest absolute Gasteiger partial charge is 0.497 e. The number of ether oxygens (including phenoxy) is 1. The first-order valence-electron chi connectivity index (χ1n) is 4.45.